The molecule has 0 saturated carbocycles. The molecule has 0 aromatic carbocycles. The molecule has 0 atom stereocenters. The maximum absolute atomic E-state index is 11.8. The van der Waals surface area contributed by atoms with E-state index in [0.717, 1.165) is 19.6 Å². The number of ether oxygens (including phenoxy) is 1. The highest BCUT2D eigenvalue weighted by Gasteiger charge is 2.18. The van der Waals surface area contributed by atoms with E-state index in [0.29, 0.717) is 29.6 Å². The minimum Gasteiger partial charge on any atom is -0.462 e. The van der Waals surface area contributed by atoms with E-state index >= 15 is 0 Å². The normalized spacial score (nSPS) is 16.7. The topological polar surface area (TPSA) is 80.5 Å². The number of esters is 1. The van der Waals surface area contributed by atoms with Gasteiger partial charge in [0.25, 0.3) is 0 Å². The Kier molecular flexibility index (Phi) is 5.38. The lowest BCUT2D eigenvalue weighted by Crippen LogP contribution is -2.33. The summed E-state index contributed by atoms with van der Waals surface area (Å²) in [5.41, 5.74) is 6.76. The Balaban J connectivity index is 1.97. The van der Waals surface area contributed by atoms with Gasteiger partial charge in [0.2, 0.25) is 0 Å². The highest BCUT2D eigenvalue weighted by molar-refractivity contribution is 5.97. The fourth-order valence-electron chi connectivity index (χ4n) is 2.51. The number of nitrogen functional groups attached to an aromatic ring is 1. The first-order valence-corrected chi connectivity index (χ1v) is 7.45. The smallest absolute Gasteiger partial charge is 0.340 e. The van der Waals surface area contributed by atoms with Gasteiger partial charge in [-0.25, -0.2) is 9.78 Å². The lowest BCUT2D eigenvalue weighted by molar-refractivity contribution is 0.0527. The Hall–Kier alpha value is -1.82. The van der Waals surface area contributed by atoms with Gasteiger partial charge >= 0.3 is 5.97 Å². The number of rotatable bonds is 5. The van der Waals surface area contributed by atoms with Crippen molar-refractivity contribution in [3.8, 4) is 0 Å². The number of likely N-dealkylation sites (tertiary alicyclic amines) is 1. The Labute approximate surface area is 125 Å². The third kappa shape index (κ3) is 4.07. The van der Waals surface area contributed by atoms with Crippen LogP contribution in [0.4, 0.5) is 11.5 Å². The van der Waals surface area contributed by atoms with E-state index in [-0.39, 0.29) is 0 Å². The van der Waals surface area contributed by atoms with Crippen molar-refractivity contribution in [3.05, 3.63) is 17.8 Å². The molecule has 116 valence electrons. The summed E-state index contributed by atoms with van der Waals surface area (Å²) in [4.78, 5) is 18.4. The van der Waals surface area contributed by atoms with Gasteiger partial charge in [-0.05, 0) is 51.9 Å². The molecule has 0 aliphatic carbocycles. The first kappa shape index (κ1) is 15.6. The maximum Gasteiger partial charge on any atom is 0.340 e. The van der Waals surface area contributed by atoms with E-state index in [1.807, 2.05) is 0 Å². The Bertz CT molecular complexity index is 485. The first-order valence-electron chi connectivity index (χ1n) is 7.45. The minimum atomic E-state index is -0.403. The number of carbonyl (C=O) groups excluding carboxylic acids is 1. The molecular formula is C15H24N4O2. The third-order valence-corrected chi connectivity index (χ3v) is 3.88. The van der Waals surface area contributed by atoms with Crippen LogP contribution in [0.2, 0.25) is 0 Å². The number of pyridine rings is 1. The zero-order valence-electron chi connectivity index (χ0n) is 12.8. The highest BCUT2D eigenvalue weighted by atomic mass is 16.5. The number of anilines is 2. The number of carbonyl (C=O) groups is 1. The molecule has 0 amide bonds. The van der Waals surface area contributed by atoms with Gasteiger partial charge < -0.3 is 20.7 Å². The van der Waals surface area contributed by atoms with Crippen LogP contribution in [-0.4, -0.2) is 49.1 Å². The predicted molar refractivity (Wildman–Crippen MR) is 83.3 cm³/mol. The predicted octanol–water partition coefficient (Wildman–Crippen LogP) is 1.59. The van der Waals surface area contributed by atoms with Crippen LogP contribution in [0.25, 0.3) is 0 Å². The number of aromatic nitrogens is 1. The highest BCUT2D eigenvalue weighted by Crippen LogP contribution is 2.22. The van der Waals surface area contributed by atoms with Crippen LogP contribution in [0.3, 0.4) is 0 Å². The lowest BCUT2D eigenvalue weighted by atomic mass is 9.97. The van der Waals surface area contributed by atoms with Gasteiger partial charge in [-0.1, -0.05) is 0 Å². The van der Waals surface area contributed by atoms with Gasteiger partial charge in [0, 0.05) is 12.7 Å². The van der Waals surface area contributed by atoms with E-state index in [9.17, 15) is 4.79 Å². The molecule has 6 heteroatoms. The van der Waals surface area contributed by atoms with Crippen LogP contribution in [0.5, 0.6) is 0 Å². The third-order valence-electron chi connectivity index (χ3n) is 3.88. The Morgan fingerprint density at radius 1 is 1.52 bits per heavy atom. The summed E-state index contributed by atoms with van der Waals surface area (Å²) in [6.07, 6.45) is 3.92. The fourth-order valence-corrected chi connectivity index (χ4v) is 2.51. The van der Waals surface area contributed by atoms with E-state index < -0.39 is 5.97 Å². The second-order valence-electron chi connectivity index (χ2n) is 5.47. The molecule has 6 nitrogen and oxygen atoms in total. The van der Waals surface area contributed by atoms with Crippen molar-refractivity contribution in [2.45, 2.75) is 19.8 Å². The zero-order chi connectivity index (χ0) is 15.2. The zero-order valence-corrected chi connectivity index (χ0v) is 12.8. The van der Waals surface area contributed by atoms with Crippen LogP contribution in [-0.2, 0) is 4.74 Å². The van der Waals surface area contributed by atoms with Crippen LogP contribution in [0.15, 0.2) is 12.3 Å². The molecule has 1 aliphatic rings. The quantitative estimate of drug-likeness (QED) is 0.802. The molecule has 1 aromatic heterocycles. The fraction of sp³-hybridized carbons (Fsp3) is 0.600. The Morgan fingerprint density at radius 2 is 2.24 bits per heavy atom. The average molecular weight is 292 g/mol. The van der Waals surface area contributed by atoms with Crippen molar-refractivity contribution in [1.82, 2.24) is 9.88 Å². The maximum atomic E-state index is 11.8. The second-order valence-corrected chi connectivity index (χ2v) is 5.47. The summed E-state index contributed by atoms with van der Waals surface area (Å²) in [5.74, 6) is 0.785. The molecule has 2 heterocycles. The molecule has 1 fully saturated rings. The summed E-state index contributed by atoms with van der Waals surface area (Å²) in [6.45, 7) is 5.18. The van der Waals surface area contributed by atoms with Crippen LogP contribution in [0, 0.1) is 5.92 Å². The molecular weight excluding hydrogens is 268 g/mol. The van der Waals surface area contributed by atoms with Crippen molar-refractivity contribution in [1.29, 1.82) is 0 Å². The number of nitrogens with zero attached hydrogens (tertiary/aromatic N) is 2. The molecule has 0 spiro atoms. The summed E-state index contributed by atoms with van der Waals surface area (Å²) in [7, 11) is 2.14. The van der Waals surface area contributed by atoms with Crippen LogP contribution >= 0.6 is 0 Å². The summed E-state index contributed by atoms with van der Waals surface area (Å²) >= 11 is 0. The van der Waals surface area contributed by atoms with E-state index in [2.05, 4.69) is 22.2 Å². The van der Waals surface area contributed by atoms with Gasteiger partial charge in [-0.15, -0.1) is 0 Å². The van der Waals surface area contributed by atoms with Crippen LogP contribution in [0.1, 0.15) is 30.1 Å². The minimum absolute atomic E-state index is 0.332. The van der Waals surface area contributed by atoms with Gasteiger partial charge in [0.05, 0.1) is 17.9 Å². The number of piperidine rings is 1. The van der Waals surface area contributed by atoms with Crippen molar-refractivity contribution in [2.24, 2.45) is 5.92 Å². The van der Waals surface area contributed by atoms with Gasteiger partial charge in [0.15, 0.2) is 0 Å². The average Bonchev–Trinajstić information content (AvgIpc) is 2.48. The number of hydrogen-bond donors (Lipinski definition) is 2. The summed E-state index contributed by atoms with van der Waals surface area (Å²) in [6, 6.07) is 1.59. The molecule has 2 rings (SSSR count). The van der Waals surface area contributed by atoms with Crippen molar-refractivity contribution >= 4 is 17.5 Å². The number of hydrogen-bond acceptors (Lipinski definition) is 6. The molecule has 0 unspecified atom stereocenters. The van der Waals surface area contributed by atoms with Gasteiger partial charge in [-0.2, -0.15) is 0 Å². The molecule has 1 saturated heterocycles. The summed E-state index contributed by atoms with van der Waals surface area (Å²) in [5, 5.41) is 3.27. The summed E-state index contributed by atoms with van der Waals surface area (Å²) < 4.78 is 4.99. The molecule has 0 radical (unpaired) electrons. The monoisotopic (exact) mass is 292 g/mol. The lowest BCUT2D eigenvalue weighted by Gasteiger charge is -2.29. The molecule has 1 aromatic rings. The Morgan fingerprint density at radius 3 is 2.90 bits per heavy atom. The van der Waals surface area contributed by atoms with Gasteiger partial charge in [0.1, 0.15) is 5.82 Å². The SMILES string of the molecule is CCOC(=O)c1ccnc(NCC2CCN(C)CC2)c1N. The first-order chi connectivity index (χ1) is 10.1. The largest absolute Gasteiger partial charge is 0.462 e. The van der Waals surface area contributed by atoms with E-state index in [1.54, 1.807) is 19.2 Å². The second kappa shape index (κ2) is 7.26. The number of nitrogens with one attached hydrogen (secondary N) is 1. The molecule has 3 N–H and O–H groups in total. The molecule has 21 heavy (non-hydrogen) atoms. The number of nitrogens with two attached hydrogens (primary N) is 1. The standard InChI is InChI=1S/C15H24N4O2/c1-3-21-15(20)12-4-7-17-14(13(12)16)18-10-11-5-8-19(2)9-6-11/h4,7,11H,3,5-6,8-10,16H2,1-2H3,(H,17,18). The van der Waals surface area contributed by atoms with Crippen molar-refractivity contribution in [2.75, 3.05) is 44.3 Å². The molecule has 1 aliphatic heterocycles. The van der Waals surface area contributed by atoms with Gasteiger partial charge in [-0.3, -0.25) is 0 Å². The van der Waals surface area contributed by atoms with Crippen molar-refractivity contribution < 1.29 is 9.53 Å². The van der Waals surface area contributed by atoms with Crippen LogP contribution < -0.4 is 11.1 Å². The van der Waals surface area contributed by atoms with Crippen molar-refractivity contribution in [3.63, 3.8) is 0 Å². The van der Waals surface area contributed by atoms with E-state index in [4.69, 9.17) is 10.5 Å². The van der Waals surface area contributed by atoms with E-state index in [1.165, 1.54) is 12.8 Å². The molecule has 0 bridgehead atoms.